The summed E-state index contributed by atoms with van der Waals surface area (Å²) in [6, 6.07) is 4.13. The van der Waals surface area contributed by atoms with Crippen molar-refractivity contribution in [1.82, 2.24) is 4.72 Å². The molecule has 0 spiro atoms. The third-order valence-corrected chi connectivity index (χ3v) is 5.83. The van der Waals surface area contributed by atoms with E-state index in [1.165, 1.54) is 32.2 Å². The van der Waals surface area contributed by atoms with E-state index in [1.807, 2.05) is 0 Å². The summed E-state index contributed by atoms with van der Waals surface area (Å²) in [7, 11) is -5.74. The van der Waals surface area contributed by atoms with Crippen LogP contribution in [-0.4, -0.2) is 42.0 Å². The Hall–Kier alpha value is -1.32. The van der Waals surface area contributed by atoms with Gasteiger partial charge in [0.1, 0.15) is 10.6 Å². The lowest BCUT2D eigenvalue weighted by atomic mass is 10.3. The zero-order valence-electron chi connectivity index (χ0n) is 11.3. The van der Waals surface area contributed by atoms with Crippen LogP contribution < -0.4 is 15.2 Å². The van der Waals surface area contributed by atoms with Crippen molar-refractivity contribution < 1.29 is 21.6 Å². The van der Waals surface area contributed by atoms with E-state index in [1.54, 1.807) is 0 Å². The van der Waals surface area contributed by atoms with E-state index in [0.717, 1.165) is 0 Å². The molecule has 0 fully saturated rings. The molecule has 20 heavy (non-hydrogen) atoms. The maximum atomic E-state index is 12.1. The predicted molar refractivity (Wildman–Crippen MR) is 76.9 cm³/mol. The summed E-state index contributed by atoms with van der Waals surface area (Å²) in [5.74, 6) is -0.171. The lowest BCUT2D eigenvalue weighted by molar-refractivity contribution is 0.402. The molecule has 1 aromatic rings. The van der Waals surface area contributed by atoms with Crippen molar-refractivity contribution in [3.8, 4) is 5.75 Å². The van der Waals surface area contributed by atoms with Crippen LogP contribution in [0.3, 0.4) is 0 Å². The molecule has 0 unspecified atom stereocenters. The minimum atomic E-state index is -3.85. The zero-order valence-corrected chi connectivity index (χ0v) is 12.9. The van der Waals surface area contributed by atoms with Crippen molar-refractivity contribution >= 4 is 25.5 Å². The number of hydrogen-bond acceptors (Lipinski definition) is 6. The number of nitrogen functional groups attached to an aromatic ring is 1. The van der Waals surface area contributed by atoms with Crippen LogP contribution in [0, 0.1) is 0 Å². The first-order chi connectivity index (χ1) is 9.22. The highest BCUT2D eigenvalue weighted by Crippen LogP contribution is 2.25. The van der Waals surface area contributed by atoms with Gasteiger partial charge in [-0.05, 0) is 12.1 Å². The zero-order chi connectivity index (χ0) is 15.4. The van der Waals surface area contributed by atoms with Gasteiger partial charge in [0, 0.05) is 24.1 Å². The molecule has 7 nitrogen and oxygen atoms in total. The van der Waals surface area contributed by atoms with E-state index in [2.05, 4.69) is 4.72 Å². The number of nitrogens with one attached hydrogen (secondary N) is 1. The Kier molecular flexibility index (Phi) is 5.37. The van der Waals surface area contributed by atoms with E-state index in [4.69, 9.17) is 10.5 Å². The van der Waals surface area contributed by atoms with E-state index in [9.17, 15) is 16.8 Å². The second-order valence-electron chi connectivity index (χ2n) is 4.04. The van der Waals surface area contributed by atoms with Crippen LogP contribution in [0.15, 0.2) is 23.1 Å². The number of rotatable bonds is 7. The van der Waals surface area contributed by atoms with Crippen LogP contribution in [0.4, 0.5) is 5.69 Å². The summed E-state index contributed by atoms with van der Waals surface area (Å²) >= 11 is 0. The highest BCUT2D eigenvalue weighted by Gasteiger charge is 2.20. The molecule has 0 amide bonds. The van der Waals surface area contributed by atoms with Crippen molar-refractivity contribution in [2.45, 2.75) is 11.8 Å². The Bertz CT molecular complexity index is 668. The molecular weight excluding hydrogens is 304 g/mol. The highest BCUT2D eigenvalue weighted by molar-refractivity contribution is 7.91. The quantitative estimate of drug-likeness (QED) is 0.682. The third-order valence-electron chi connectivity index (χ3n) is 2.62. The lowest BCUT2D eigenvalue weighted by Crippen LogP contribution is -2.30. The number of benzene rings is 1. The van der Waals surface area contributed by atoms with Gasteiger partial charge < -0.3 is 10.5 Å². The van der Waals surface area contributed by atoms with Crippen molar-refractivity contribution in [3.63, 3.8) is 0 Å². The van der Waals surface area contributed by atoms with Crippen LogP contribution in [-0.2, 0) is 19.9 Å². The van der Waals surface area contributed by atoms with Gasteiger partial charge in [0.2, 0.25) is 10.0 Å². The molecule has 0 aromatic heterocycles. The number of methoxy groups -OCH3 is 1. The molecule has 0 aliphatic rings. The number of sulfone groups is 1. The summed E-state index contributed by atoms with van der Waals surface area (Å²) in [6.45, 7) is 1.32. The second-order valence-corrected chi connectivity index (χ2v) is 8.25. The van der Waals surface area contributed by atoms with Crippen molar-refractivity contribution in [2.24, 2.45) is 0 Å². The van der Waals surface area contributed by atoms with Crippen LogP contribution >= 0.6 is 0 Å². The summed E-state index contributed by atoms with van der Waals surface area (Å²) < 4.78 is 54.0. The van der Waals surface area contributed by atoms with Gasteiger partial charge in [-0.2, -0.15) is 0 Å². The molecule has 1 rings (SSSR count). The van der Waals surface area contributed by atoms with Gasteiger partial charge in [-0.1, -0.05) is 6.92 Å². The molecule has 0 bridgehead atoms. The van der Waals surface area contributed by atoms with Crippen LogP contribution in [0.25, 0.3) is 0 Å². The highest BCUT2D eigenvalue weighted by atomic mass is 32.2. The van der Waals surface area contributed by atoms with Gasteiger partial charge in [0.15, 0.2) is 9.84 Å². The van der Waals surface area contributed by atoms with E-state index >= 15 is 0 Å². The van der Waals surface area contributed by atoms with Crippen LogP contribution in [0.1, 0.15) is 6.92 Å². The molecule has 0 saturated heterocycles. The largest absolute Gasteiger partial charge is 0.495 e. The molecule has 1 aromatic carbocycles. The topological polar surface area (TPSA) is 116 Å². The first-order valence-corrected chi connectivity index (χ1v) is 9.16. The molecule has 9 heteroatoms. The summed E-state index contributed by atoms with van der Waals surface area (Å²) in [5, 5.41) is 0. The lowest BCUT2D eigenvalue weighted by Gasteiger charge is -2.11. The fourth-order valence-corrected chi connectivity index (χ4v) is 3.47. The molecule has 0 radical (unpaired) electrons. The predicted octanol–water partition coefficient (Wildman–Crippen LogP) is -0.00960. The number of sulfonamides is 1. The van der Waals surface area contributed by atoms with Crippen molar-refractivity contribution in [2.75, 3.05) is 30.9 Å². The number of ether oxygens (including phenoxy) is 1. The van der Waals surface area contributed by atoms with Crippen LogP contribution in [0.2, 0.25) is 0 Å². The Labute approximate surface area is 119 Å². The van der Waals surface area contributed by atoms with Gasteiger partial charge in [-0.15, -0.1) is 0 Å². The maximum Gasteiger partial charge on any atom is 0.244 e. The molecule has 3 N–H and O–H groups in total. The Morgan fingerprint density at radius 1 is 1.25 bits per heavy atom. The molecule has 0 aliphatic heterocycles. The standard InChI is InChI=1S/C11H18N2O5S2/c1-3-19(14,15)7-6-13-20(16,17)11-5-4-9(12)8-10(11)18-2/h4-5,8,13H,3,6-7,12H2,1-2H3. The van der Waals surface area contributed by atoms with Gasteiger partial charge in [-0.25, -0.2) is 21.6 Å². The molecular formula is C11H18N2O5S2. The van der Waals surface area contributed by atoms with Crippen molar-refractivity contribution in [1.29, 1.82) is 0 Å². The van der Waals surface area contributed by atoms with Gasteiger partial charge in [-0.3, -0.25) is 0 Å². The Morgan fingerprint density at radius 3 is 2.45 bits per heavy atom. The Morgan fingerprint density at radius 2 is 1.90 bits per heavy atom. The number of nitrogens with two attached hydrogens (primary N) is 1. The summed E-state index contributed by atoms with van der Waals surface area (Å²) in [5.41, 5.74) is 5.92. The fourth-order valence-electron chi connectivity index (χ4n) is 1.46. The second kappa shape index (κ2) is 6.42. The summed E-state index contributed by atoms with van der Waals surface area (Å²) in [4.78, 5) is -0.0805. The molecule has 0 atom stereocenters. The monoisotopic (exact) mass is 322 g/mol. The van der Waals surface area contributed by atoms with Gasteiger partial charge in [0.25, 0.3) is 0 Å². The van der Waals surface area contributed by atoms with Gasteiger partial charge >= 0.3 is 0 Å². The first kappa shape index (κ1) is 16.7. The van der Waals surface area contributed by atoms with E-state index < -0.39 is 19.9 Å². The SMILES string of the molecule is CCS(=O)(=O)CCNS(=O)(=O)c1ccc(N)cc1OC. The fraction of sp³-hybridized carbons (Fsp3) is 0.455. The number of anilines is 1. The van der Waals surface area contributed by atoms with E-state index in [0.29, 0.717) is 5.69 Å². The molecule has 114 valence electrons. The molecule has 0 aliphatic carbocycles. The smallest absolute Gasteiger partial charge is 0.244 e. The molecule has 0 heterocycles. The minimum absolute atomic E-state index is 0.0279. The van der Waals surface area contributed by atoms with E-state index in [-0.39, 0.29) is 28.7 Å². The minimum Gasteiger partial charge on any atom is -0.495 e. The third kappa shape index (κ3) is 4.36. The van der Waals surface area contributed by atoms with Gasteiger partial charge in [0.05, 0.1) is 12.9 Å². The maximum absolute atomic E-state index is 12.1. The summed E-state index contributed by atoms with van der Waals surface area (Å²) in [6.07, 6.45) is 0. The Balaban J connectivity index is 2.90. The average molecular weight is 322 g/mol. The molecule has 0 saturated carbocycles. The van der Waals surface area contributed by atoms with Crippen molar-refractivity contribution in [3.05, 3.63) is 18.2 Å². The average Bonchev–Trinajstić information content (AvgIpc) is 2.37. The normalized spacial score (nSPS) is 12.3. The van der Waals surface area contributed by atoms with Crippen LogP contribution in [0.5, 0.6) is 5.75 Å². The first-order valence-electron chi connectivity index (χ1n) is 5.85. The number of hydrogen-bond donors (Lipinski definition) is 2.